The number of amides is 1. The lowest BCUT2D eigenvalue weighted by Gasteiger charge is -2.41. The molecule has 1 amide bonds. The monoisotopic (exact) mass is 455 g/mol. The number of hydrogen-bond donors (Lipinski definition) is 1. The molecule has 2 saturated heterocycles. The van der Waals surface area contributed by atoms with E-state index in [1.165, 1.54) is 0 Å². The number of nitrogens with zero attached hydrogens (tertiary/aromatic N) is 5. The van der Waals surface area contributed by atoms with Crippen molar-refractivity contribution in [2.24, 2.45) is 0 Å². The van der Waals surface area contributed by atoms with Crippen molar-refractivity contribution < 1.29 is 19.4 Å². The van der Waals surface area contributed by atoms with Crippen molar-refractivity contribution in [1.82, 2.24) is 19.8 Å². The zero-order valence-corrected chi connectivity index (χ0v) is 19.2. The maximum absolute atomic E-state index is 12.2. The molecular formula is C24H33N5O4. The Kier molecular flexibility index (Phi) is 7.74. The van der Waals surface area contributed by atoms with Crippen molar-refractivity contribution in [1.29, 1.82) is 0 Å². The summed E-state index contributed by atoms with van der Waals surface area (Å²) in [6.07, 6.45) is 6.76. The molecule has 1 unspecified atom stereocenters. The lowest BCUT2D eigenvalue weighted by atomic mass is 9.92. The Hall–Kier alpha value is -2.75. The van der Waals surface area contributed by atoms with E-state index in [2.05, 4.69) is 19.8 Å². The summed E-state index contributed by atoms with van der Waals surface area (Å²) in [5.41, 5.74) is 0.322. The number of carbonyl (C=O) groups is 1. The molecule has 1 N–H and O–H groups in total. The van der Waals surface area contributed by atoms with Gasteiger partial charge in [-0.05, 0) is 37.6 Å². The number of aromatic nitrogens is 2. The molecule has 178 valence electrons. The molecular weight excluding hydrogens is 422 g/mol. The molecule has 1 aromatic carbocycles. The second kappa shape index (κ2) is 10.9. The first kappa shape index (κ1) is 23.4. The van der Waals surface area contributed by atoms with Gasteiger partial charge in [-0.3, -0.25) is 14.7 Å². The Balaban J connectivity index is 1.25. The lowest BCUT2D eigenvalue weighted by molar-refractivity contribution is -0.137. The van der Waals surface area contributed by atoms with Crippen LogP contribution in [0.5, 0.6) is 5.75 Å². The Bertz CT molecular complexity index is 891. The van der Waals surface area contributed by atoms with Crippen molar-refractivity contribution in [3.63, 3.8) is 0 Å². The van der Waals surface area contributed by atoms with Gasteiger partial charge in [0.25, 0.3) is 5.91 Å². The predicted molar refractivity (Wildman–Crippen MR) is 124 cm³/mol. The molecule has 3 heterocycles. The number of likely N-dealkylation sites (N-methyl/N-ethyl adjacent to an activating group) is 1. The van der Waals surface area contributed by atoms with Crippen LogP contribution in [-0.2, 0) is 16.1 Å². The third-order valence-corrected chi connectivity index (χ3v) is 6.10. The summed E-state index contributed by atoms with van der Waals surface area (Å²) in [5.74, 6) is 1.47. The van der Waals surface area contributed by atoms with E-state index in [-0.39, 0.29) is 12.5 Å². The molecule has 1 atom stereocenters. The van der Waals surface area contributed by atoms with Crippen molar-refractivity contribution in [2.45, 2.75) is 25.0 Å². The third kappa shape index (κ3) is 6.63. The second-order valence-electron chi connectivity index (χ2n) is 8.91. The third-order valence-electron chi connectivity index (χ3n) is 6.10. The van der Waals surface area contributed by atoms with Crippen molar-refractivity contribution in [3.05, 3.63) is 48.4 Å². The van der Waals surface area contributed by atoms with Gasteiger partial charge in [-0.2, -0.15) is 0 Å². The number of benzene rings is 1. The first-order valence-corrected chi connectivity index (χ1v) is 11.5. The average molecular weight is 456 g/mol. The van der Waals surface area contributed by atoms with Crippen LogP contribution < -0.4 is 9.64 Å². The summed E-state index contributed by atoms with van der Waals surface area (Å²) >= 11 is 0. The smallest absolute Gasteiger partial charge is 0.260 e. The first-order valence-electron chi connectivity index (χ1n) is 11.5. The fourth-order valence-corrected chi connectivity index (χ4v) is 4.50. The van der Waals surface area contributed by atoms with Gasteiger partial charge >= 0.3 is 0 Å². The van der Waals surface area contributed by atoms with E-state index in [4.69, 9.17) is 9.47 Å². The number of ether oxygens (including phenoxy) is 2. The van der Waals surface area contributed by atoms with Crippen LogP contribution in [0.4, 0.5) is 5.82 Å². The second-order valence-corrected chi connectivity index (χ2v) is 8.91. The van der Waals surface area contributed by atoms with E-state index >= 15 is 0 Å². The molecule has 0 saturated carbocycles. The summed E-state index contributed by atoms with van der Waals surface area (Å²) in [6.45, 7) is 5.14. The Morgan fingerprint density at radius 2 is 2.00 bits per heavy atom. The summed E-state index contributed by atoms with van der Waals surface area (Å²) in [7, 11) is 2.02. The molecule has 2 aliphatic heterocycles. The van der Waals surface area contributed by atoms with Crippen molar-refractivity contribution in [2.75, 3.05) is 64.5 Å². The minimum atomic E-state index is -0.798. The van der Waals surface area contributed by atoms with E-state index in [0.717, 1.165) is 30.8 Å². The number of β-amino-alcohol motifs (C(OH)–C–C–N with tert-alkyl or cyclic N) is 1. The number of piperidine rings is 1. The largest absolute Gasteiger partial charge is 0.484 e. The molecule has 33 heavy (non-hydrogen) atoms. The normalized spacial score (nSPS) is 21.3. The summed E-state index contributed by atoms with van der Waals surface area (Å²) in [5, 5.41) is 11.2. The highest BCUT2D eigenvalue weighted by Gasteiger charge is 2.34. The van der Waals surface area contributed by atoms with Gasteiger partial charge in [0.15, 0.2) is 6.61 Å². The van der Waals surface area contributed by atoms with Crippen LogP contribution in [0.3, 0.4) is 0 Å². The first-order chi connectivity index (χ1) is 16.0. The van der Waals surface area contributed by atoms with Gasteiger partial charge < -0.3 is 24.4 Å². The van der Waals surface area contributed by atoms with E-state index in [1.807, 2.05) is 31.3 Å². The SMILES string of the molecule is CN(Cc1ccc(OCC(=O)N2CCOCC2)cc1)CC1(O)CCCN(c2cnccn2)C1. The van der Waals surface area contributed by atoms with Crippen LogP contribution in [0.1, 0.15) is 18.4 Å². The fraction of sp³-hybridized carbons (Fsp3) is 0.542. The molecule has 9 heteroatoms. The van der Waals surface area contributed by atoms with Gasteiger partial charge in [-0.25, -0.2) is 4.98 Å². The van der Waals surface area contributed by atoms with Crippen LogP contribution in [0.2, 0.25) is 0 Å². The maximum atomic E-state index is 12.2. The molecule has 2 aromatic rings. The topological polar surface area (TPSA) is 91.3 Å². The molecule has 2 fully saturated rings. The van der Waals surface area contributed by atoms with E-state index in [9.17, 15) is 9.90 Å². The minimum absolute atomic E-state index is 0.0154. The highest BCUT2D eigenvalue weighted by atomic mass is 16.5. The highest BCUT2D eigenvalue weighted by Crippen LogP contribution is 2.25. The van der Waals surface area contributed by atoms with Gasteiger partial charge in [-0.15, -0.1) is 0 Å². The zero-order valence-electron chi connectivity index (χ0n) is 19.2. The molecule has 9 nitrogen and oxygen atoms in total. The van der Waals surface area contributed by atoms with Crippen LogP contribution in [0.25, 0.3) is 0 Å². The molecule has 1 aromatic heterocycles. The van der Waals surface area contributed by atoms with Gasteiger partial charge in [-0.1, -0.05) is 12.1 Å². The van der Waals surface area contributed by atoms with Gasteiger partial charge in [0.2, 0.25) is 0 Å². The van der Waals surface area contributed by atoms with Gasteiger partial charge in [0.1, 0.15) is 11.6 Å². The molecule has 0 radical (unpaired) electrons. The van der Waals surface area contributed by atoms with E-state index in [0.29, 0.717) is 51.7 Å². The average Bonchev–Trinajstić information content (AvgIpc) is 2.84. The standard InChI is InChI=1S/C24H33N5O4/c1-27(18-24(31)7-2-10-29(19-24)22-15-25-8-9-26-22)16-20-3-5-21(6-4-20)33-17-23(30)28-11-13-32-14-12-28/h3-6,8-9,15,31H,2,7,10-14,16-19H2,1H3. The zero-order chi connectivity index (χ0) is 23.1. The number of rotatable bonds is 8. The number of carbonyl (C=O) groups excluding carboxylic acids is 1. The Morgan fingerprint density at radius 3 is 2.73 bits per heavy atom. The van der Waals surface area contributed by atoms with Crippen LogP contribution in [0, 0.1) is 0 Å². The van der Waals surface area contributed by atoms with Crippen LogP contribution in [-0.4, -0.2) is 96.0 Å². The Morgan fingerprint density at radius 1 is 1.21 bits per heavy atom. The van der Waals surface area contributed by atoms with Gasteiger partial charge in [0, 0.05) is 51.7 Å². The summed E-state index contributed by atoms with van der Waals surface area (Å²) in [6, 6.07) is 7.78. The quantitative estimate of drug-likeness (QED) is 0.635. The number of morpholine rings is 1. The number of aliphatic hydroxyl groups is 1. The summed E-state index contributed by atoms with van der Waals surface area (Å²) in [4.78, 5) is 26.8. The minimum Gasteiger partial charge on any atom is -0.484 e. The van der Waals surface area contributed by atoms with Crippen molar-refractivity contribution in [3.8, 4) is 5.75 Å². The highest BCUT2D eigenvalue weighted by molar-refractivity contribution is 5.77. The number of hydrogen-bond acceptors (Lipinski definition) is 8. The molecule has 2 aliphatic rings. The summed E-state index contributed by atoms with van der Waals surface area (Å²) < 4.78 is 10.9. The molecule has 0 aliphatic carbocycles. The molecule has 4 rings (SSSR count). The Labute approximate surface area is 194 Å². The predicted octanol–water partition coefficient (Wildman–Crippen LogP) is 1.18. The fourth-order valence-electron chi connectivity index (χ4n) is 4.50. The van der Waals surface area contributed by atoms with E-state index in [1.54, 1.807) is 23.5 Å². The molecule has 0 bridgehead atoms. The van der Waals surface area contributed by atoms with Crippen LogP contribution in [0.15, 0.2) is 42.9 Å². The maximum Gasteiger partial charge on any atom is 0.260 e. The lowest BCUT2D eigenvalue weighted by Crippen LogP contribution is -2.54. The van der Waals surface area contributed by atoms with E-state index < -0.39 is 5.60 Å². The molecule has 0 spiro atoms. The number of anilines is 1. The van der Waals surface area contributed by atoms with Gasteiger partial charge in [0.05, 0.1) is 25.0 Å². The van der Waals surface area contributed by atoms with Crippen molar-refractivity contribution >= 4 is 11.7 Å². The van der Waals surface area contributed by atoms with Crippen LogP contribution >= 0.6 is 0 Å².